The number of hydrogen-bond donors (Lipinski definition) is 1. The first kappa shape index (κ1) is 8.01. The molecule has 1 heterocycles. The number of rotatable bonds is 2. The van der Waals surface area contributed by atoms with E-state index in [4.69, 9.17) is 0 Å². The van der Waals surface area contributed by atoms with Gasteiger partial charge < -0.3 is 5.32 Å². The molecule has 1 rings (SSSR count). The van der Waals surface area contributed by atoms with Crippen molar-refractivity contribution in [2.24, 2.45) is 0 Å². The van der Waals surface area contributed by atoms with E-state index in [2.05, 4.69) is 5.32 Å². The van der Waals surface area contributed by atoms with Crippen LogP contribution in [-0.2, 0) is 9.84 Å². The van der Waals surface area contributed by atoms with E-state index < -0.39 is 9.84 Å². The predicted molar refractivity (Wildman–Crippen MR) is 40.7 cm³/mol. The van der Waals surface area contributed by atoms with Crippen molar-refractivity contribution in [1.82, 2.24) is 5.32 Å². The first-order chi connectivity index (χ1) is 4.58. The average molecular weight is 163 g/mol. The molecule has 1 unspecified atom stereocenters. The van der Waals surface area contributed by atoms with E-state index in [0.717, 1.165) is 19.4 Å². The van der Waals surface area contributed by atoms with Crippen molar-refractivity contribution >= 4 is 9.84 Å². The second-order valence-electron chi connectivity index (χ2n) is 2.89. The number of nitrogens with one attached hydrogen (secondary N) is 1. The predicted octanol–water partition coefficient (Wildman–Crippen LogP) is -0.217. The third-order valence-corrected chi connectivity index (χ3v) is 2.67. The minimum Gasteiger partial charge on any atom is -0.313 e. The van der Waals surface area contributed by atoms with Crippen LogP contribution in [0.25, 0.3) is 0 Å². The fourth-order valence-corrected chi connectivity index (χ4v) is 2.28. The Morgan fingerprint density at radius 3 is 2.70 bits per heavy atom. The fraction of sp³-hybridized carbons (Fsp3) is 1.00. The molecule has 0 aliphatic carbocycles. The lowest BCUT2D eigenvalue weighted by Crippen LogP contribution is -2.29. The molecular weight excluding hydrogens is 150 g/mol. The van der Waals surface area contributed by atoms with Crippen molar-refractivity contribution in [3.05, 3.63) is 0 Å². The maximum absolute atomic E-state index is 10.7. The Bertz CT molecular complexity index is 192. The zero-order chi connectivity index (χ0) is 7.61. The van der Waals surface area contributed by atoms with E-state index in [9.17, 15) is 8.42 Å². The Kier molecular flexibility index (Phi) is 2.31. The Labute approximate surface area is 61.7 Å². The Balaban J connectivity index is 2.38. The maximum Gasteiger partial charge on any atom is 0.148 e. The molecule has 0 radical (unpaired) electrons. The lowest BCUT2D eigenvalue weighted by atomic mass is 10.3. The molecule has 1 aliphatic rings. The molecule has 0 aromatic heterocycles. The van der Waals surface area contributed by atoms with E-state index in [0.29, 0.717) is 5.75 Å². The van der Waals surface area contributed by atoms with Crippen LogP contribution in [0.3, 0.4) is 0 Å². The van der Waals surface area contributed by atoms with E-state index in [1.54, 1.807) is 0 Å². The smallest absolute Gasteiger partial charge is 0.148 e. The van der Waals surface area contributed by atoms with Gasteiger partial charge >= 0.3 is 0 Å². The number of hydrogen-bond acceptors (Lipinski definition) is 3. The Morgan fingerprint density at radius 2 is 2.30 bits per heavy atom. The second kappa shape index (κ2) is 2.88. The molecule has 1 atom stereocenters. The summed E-state index contributed by atoms with van der Waals surface area (Å²) in [6.45, 7) is 0.972. The van der Waals surface area contributed by atoms with Gasteiger partial charge in [0.15, 0.2) is 0 Å². The third-order valence-electron chi connectivity index (χ3n) is 1.67. The highest BCUT2D eigenvalue weighted by Crippen LogP contribution is 2.06. The monoisotopic (exact) mass is 163 g/mol. The summed E-state index contributed by atoms with van der Waals surface area (Å²) in [5.74, 6) is 0.299. The molecule has 3 nitrogen and oxygen atoms in total. The average Bonchev–Trinajstić information content (AvgIpc) is 2.12. The van der Waals surface area contributed by atoms with Gasteiger partial charge in [0.1, 0.15) is 9.84 Å². The van der Waals surface area contributed by atoms with Crippen molar-refractivity contribution < 1.29 is 8.42 Å². The van der Waals surface area contributed by atoms with Crippen molar-refractivity contribution in [1.29, 1.82) is 0 Å². The molecule has 1 N–H and O–H groups in total. The topological polar surface area (TPSA) is 46.2 Å². The maximum atomic E-state index is 10.7. The summed E-state index contributed by atoms with van der Waals surface area (Å²) in [6.07, 6.45) is 3.40. The zero-order valence-electron chi connectivity index (χ0n) is 6.13. The molecule has 0 aromatic rings. The minimum atomic E-state index is -2.77. The molecule has 0 spiro atoms. The van der Waals surface area contributed by atoms with Gasteiger partial charge in [0.25, 0.3) is 0 Å². The van der Waals surface area contributed by atoms with Crippen molar-refractivity contribution in [2.45, 2.75) is 18.9 Å². The van der Waals surface area contributed by atoms with Crippen molar-refractivity contribution in [3.8, 4) is 0 Å². The van der Waals surface area contributed by atoms with E-state index >= 15 is 0 Å². The first-order valence-electron chi connectivity index (χ1n) is 3.49. The van der Waals surface area contributed by atoms with Gasteiger partial charge in [-0.3, -0.25) is 0 Å². The third kappa shape index (κ3) is 2.66. The Hall–Kier alpha value is -0.0900. The minimum absolute atomic E-state index is 0.218. The highest BCUT2D eigenvalue weighted by molar-refractivity contribution is 7.90. The molecular formula is C6H13NO2S. The normalized spacial score (nSPS) is 27.1. The van der Waals surface area contributed by atoms with Crippen LogP contribution in [-0.4, -0.2) is 33.0 Å². The van der Waals surface area contributed by atoms with Gasteiger partial charge in [-0.05, 0) is 19.4 Å². The lowest BCUT2D eigenvalue weighted by molar-refractivity contribution is 0.582. The summed E-state index contributed by atoms with van der Waals surface area (Å²) in [5, 5.41) is 3.13. The van der Waals surface area contributed by atoms with Crippen LogP contribution in [0, 0.1) is 0 Å². The van der Waals surface area contributed by atoms with Crippen LogP contribution in [0.15, 0.2) is 0 Å². The van der Waals surface area contributed by atoms with Crippen LogP contribution < -0.4 is 5.32 Å². The summed E-state index contributed by atoms with van der Waals surface area (Å²) in [6, 6.07) is 0.218. The van der Waals surface area contributed by atoms with E-state index in [-0.39, 0.29) is 6.04 Å². The van der Waals surface area contributed by atoms with Gasteiger partial charge in [0.2, 0.25) is 0 Å². The zero-order valence-corrected chi connectivity index (χ0v) is 6.95. The van der Waals surface area contributed by atoms with Gasteiger partial charge in [-0.1, -0.05) is 0 Å². The molecule has 0 amide bonds. The van der Waals surface area contributed by atoms with E-state index in [1.165, 1.54) is 6.26 Å². The molecule has 1 fully saturated rings. The largest absolute Gasteiger partial charge is 0.313 e. The first-order valence-corrected chi connectivity index (χ1v) is 5.55. The van der Waals surface area contributed by atoms with Gasteiger partial charge in [0, 0.05) is 12.3 Å². The van der Waals surface area contributed by atoms with Gasteiger partial charge in [-0.25, -0.2) is 8.42 Å². The summed E-state index contributed by atoms with van der Waals surface area (Å²) < 4.78 is 21.5. The molecule has 60 valence electrons. The van der Waals surface area contributed by atoms with Crippen LogP contribution in [0.4, 0.5) is 0 Å². The van der Waals surface area contributed by atoms with Crippen LogP contribution >= 0.6 is 0 Å². The summed E-state index contributed by atoms with van der Waals surface area (Å²) >= 11 is 0. The van der Waals surface area contributed by atoms with Gasteiger partial charge in [-0.2, -0.15) is 0 Å². The van der Waals surface area contributed by atoms with E-state index in [1.807, 2.05) is 0 Å². The lowest BCUT2D eigenvalue weighted by Gasteiger charge is -2.06. The highest BCUT2D eigenvalue weighted by Gasteiger charge is 2.18. The fourth-order valence-electron chi connectivity index (χ4n) is 1.26. The van der Waals surface area contributed by atoms with Gasteiger partial charge in [-0.15, -0.1) is 0 Å². The number of sulfone groups is 1. The SMILES string of the molecule is CS(=O)(=O)CC1CCCN1. The standard InChI is InChI=1S/C6H13NO2S/c1-10(8,9)5-6-3-2-4-7-6/h6-7H,2-5H2,1H3. The molecule has 0 aromatic carbocycles. The van der Waals surface area contributed by atoms with Crippen LogP contribution in [0.5, 0.6) is 0 Å². The molecule has 0 bridgehead atoms. The van der Waals surface area contributed by atoms with Gasteiger partial charge in [0.05, 0.1) is 5.75 Å². The highest BCUT2D eigenvalue weighted by atomic mass is 32.2. The molecule has 1 aliphatic heterocycles. The quantitative estimate of drug-likeness (QED) is 0.612. The van der Waals surface area contributed by atoms with Crippen LogP contribution in [0.1, 0.15) is 12.8 Å². The summed E-state index contributed by atoms with van der Waals surface area (Å²) in [7, 11) is -2.77. The second-order valence-corrected chi connectivity index (χ2v) is 5.07. The van der Waals surface area contributed by atoms with Crippen LogP contribution in [0.2, 0.25) is 0 Å². The summed E-state index contributed by atoms with van der Waals surface area (Å²) in [4.78, 5) is 0. The van der Waals surface area contributed by atoms with Crippen molar-refractivity contribution in [2.75, 3.05) is 18.6 Å². The molecule has 1 saturated heterocycles. The molecule has 10 heavy (non-hydrogen) atoms. The molecule has 0 saturated carbocycles. The molecule has 4 heteroatoms. The Morgan fingerprint density at radius 1 is 1.60 bits per heavy atom. The summed E-state index contributed by atoms with van der Waals surface area (Å²) in [5.41, 5.74) is 0. The van der Waals surface area contributed by atoms with Crippen molar-refractivity contribution in [3.63, 3.8) is 0 Å².